The van der Waals surface area contributed by atoms with Crippen molar-refractivity contribution in [2.24, 2.45) is 0 Å². The molecule has 0 atom stereocenters. The summed E-state index contributed by atoms with van der Waals surface area (Å²) in [5.74, 6) is -0.355. The van der Waals surface area contributed by atoms with Crippen LogP contribution >= 0.6 is 0 Å². The quantitative estimate of drug-likeness (QED) is 0.772. The summed E-state index contributed by atoms with van der Waals surface area (Å²) in [5.41, 5.74) is 4.13. The van der Waals surface area contributed by atoms with E-state index in [-0.39, 0.29) is 5.82 Å². The molecule has 2 N–H and O–H groups in total. The van der Waals surface area contributed by atoms with Gasteiger partial charge in [0.1, 0.15) is 18.3 Å². The third kappa shape index (κ3) is 2.62. The summed E-state index contributed by atoms with van der Waals surface area (Å²) < 4.78 is 15.5. The first-order chi connectivity index (χ1) is 10.1. The van der Waals surface area contributed by atoms with Gasteiger partial charge in [-0.05, 0) is 32.0 Å². The fourth-order valence-electron chi connectivity index (χ4n) is 2.16. The van der Waals surface area contributed by atoms with E-state index in [1.807, 2.05) is 19.9 Å². The molecule has 0 radical (unpaired) electrons. The molecular formula is C14H15FN6. The normalized spacial score (nSPS) is 10.8. The lowest BCUT2D eigenvalue weighted by atomic mass is 10.2. The second kappa shape index (κ2) is 5.35. The van der Waals surface area contributed by atoms with Gasteiger partial charge in [-0.15, -0.1) is 0 Å². The van der Waals surface area contributed by atoms with Crippen molar-refractivity contribution in [2.45, 2.75) is 20.4 Å². The van der Waals surface area contributed by atoms with E-state index in [1.165, 1.54) is 23.4 Å². The number of aromatic nitrogens is 5. The first kappa shape index (κ1) is 13.3. The molecule has 0 spiro atoms. The van der Waals surface area contributed by atoms with E-state index in [2.05, 4.69) is 25.6 Å². The number of nitrogens with zero attached hydrogens (tertiary/aromatic N) is 4. The Labute approximate surface area is 121 Å². The average Bonchev–Trinajstić information content (AvgIpc) is 3.08. The molecule has 3 rings (SSSR count). The Balaban J connectivity index is 1.77. The third-order valence-corrected chi connectivity index (χ3v) is 3.36. The Morgan fingerprint density at radius 3 is 2.81 bits per heavy atom. The highest BCUT2D eigenvalue weighted by molar-refractivity contribution is 5.50. The van der Waals surface area contributed by atoms with E-state index in [4.69, 9.17) is 0 Å². The minimum absolute atomic E-state index is 0.355. The van der Waals surface area contributed by atoms with Crippen molar-refractivity contribution in [3.63, 3.8) is 0 Å². The van der Waals surface area contributed by atoms with Gasteiger partial charge in [0.2, 0.25) is 0 Å². The Kier molecular flexibility index (Phi) is 3.39. The maximum atomic E-state index is 14.1. The molecule has 3 aromatic rings. The highest BCUT2D eigenvalue weighted by Crippen LogP contribution is 2.19. The molecule has 7 heteroatoms. The fraction of sp³-hybridized carbons (Fsp3) is 0.214. The summed E-state index contributed by atoms with van der Waals surface area (Å²) in [6.45, 7) is 4.50. The van der Waals surface area contributed by atoms with Crippen LogP contribution in [0.2, 0.25) is 0 Å². The van der Waals surface area contributed by atoms with Gasteiger partial charge in [0, 0.05) is 23.5 Å². The zero-order valence-corrected chi connectivity index (χ0v) is 11.8. The second-order valence-electron chi connectivity index (χ2n) is 4.77. The predicted octanol–water partition coefficient (Wildman–Crippen LogP) is 2.36. The van der Waals surface area contributed by atoms with E-state index in [0.717, 1.165) is 17.0 Å². The number of anilines is 1. The van der Waals surface area contributed by atoms with Crippen LogP contribution in [-0.4, -0.2) is 25.0 Å². The predicted molar refractivity (Wildman–Crippen MR) is 76.7 cm³/mol. The molecule has 0 amide bonds. The largest absolute Gasteiger partial charge is 0.381 e. The van der Waals surface area contributed by atoms with Gasteiger partial charge in [0.15, 0.2) is 5.82 Å². The van der Waals surface area contributed by atoms with E-state index >= 15 is 0 Å². The zero-order chi connectivity index (χ0) is 14.8. The standard InChI is InChI=1S/C14H15FN6/c1-9-12(10(2)20-19-9)6-17-11-3-4-14(13(15)5-11)21-8-16-7-18-21/h3-5,7-8,17H,6H2,1-2H3,(H,19,20). The number of aryl methyl sites for hydroxylation is 2. The molecule has 2 aromatic heterocycles. The molecular weight excluding hydrogens is 271 g/mol. The summed E-state index contributed by atoms with van der Waals surface area (Å²) in [4.78, 5) is 3.81. The number of aromatic amines is 1. The molecule has 0 saturated heterocycles. The first-order valence-electron chi connectivity index (χ1n) is 6.54. The second-order valence-corrected chi connectivity index (χ2v) is 4.77. The van der Waals surface area contributed by atoms with Crippen LogP contribution in [0.25, 0.3) is 5.69 Å². The first-order valence-corrected chi connectivity index (χ1v) is 6.54. The number of H-pyrrole nitrogens is 1. The van der Waals surface area contributed by atoms with Gasteiger partial charge in [0.25, 0.3) is 0 Å². The van der Waals surface area contributed by atoms with Crippen molar-refractivity contribution >= 4 is 5.69 Å². The third-order valence-electron chi connectivity index (χ3n) is 3.36. The lowest BCUT2D eigenvalue weighted by Gasteiger charge is -2.09. The van der Waals surface area contributed by atoms with Crippen LogP contribution in [0.3, 0.4) is 0 Å². The Bertz CT molecular complexity index is 727. The smallest absolute Gasteiger partial charge is 0.150 e. The minimum Gasteiger partial charge on any atom is -0.381 e. The number of hydrogen-bond acceptors (Lipinski definition) is 4. The maximum Gasteiger partial charge on any atom is 0.150 e. The van der Waals surface area contributed by atoms with Crippen LogP contribution in [0.15, 0.2) is 30.9 Å². The number of hydrogen-bond donors (Lipinski definition) is 2. The van der Waals surface area contributed by atoms with Gasteiger partial charge in [0.05, 0.1) is 5.69 Å². The molecule has 108 valence electrons. The highest BCUT2D eigenvalue weighted by atomic mass is 19.1. The molecule has 0 aliphatic heterocycles. The molecule has 6 nitrogen and oxygen atoms in total. The number of rotatable bonds is 4. The molecule has 0 aliphatic rings. The van der Waals surface area contributed by atoms with Gasteiger partial charge in [-0.3, -0.25) is 5.10 Å². The van der Waals surface area contributed by atoms with Gasteiger partial charge in [-0.1, -0.05) is 0 Å². The van der Waals surface area contributed by atoms with Gasteiger partial charge in [-0.25, -0.2) is 14.1 Å². The summed E-state index contributed by atoms with van der Waals surface area (Å²) >= 11 is 0. The summed E-state index contributed by atoms with van der Waals surface area (Å²) in [6.07, 6.45) is 2.83. The van der Waals surface area contributed by atoms with E-state index in [1.54, 1.807) is 6.07 Å². The molecule has 1 aromatic carbocycles. The summed E-state index contributed by atoms with van der Waals surface area (Å²) in [6, 6.07) is 4.92. The molecule has 0 aliphatic carbocycles. The molecule has 0 fully saturated rings. The topological polar surface area (TPSA) is 71.4 Å². The van der Waals surface area contributed by atoms with Crippen LogP contribution in [0.1, 0.15) is 17.0 Å². The average molecular weight is 286 g/mol. The number of halogens is 1. The van der Waals surface area contributed by atoms with E-state index in [0.29, 0.717) is 17.9 Å². The molecule has 0 saturated carbocycles. The van der Waals surface area contributed by atoms with Gasteiger partial charge >= 0.3 is 0 Å². The Morgan fingerprint density at radius 1 is 1.33 bits per heavy atom. The van der Waals surface area contributed by atoms with E-state index < -0.39 is 0 Å². The summed E-state index contributed by atoms with van der Waals surface area (Å²) in [7, 11) is 0. The molecule has 2 heterocycles. The Morgan fingerprint density at radius 2 is 2.19 bits per heavy atom. The van der Waals surface area contributed by atoms with Crippen molar-refractivity contribution in [2.75, 3.05) is 5.32 Å². The molecule has 21 heavy (non-hydrogen) atoms. The zero-order valence-electron chi connectivity index (χ0n) is 11.8. The minimum atomic E-state index is -0.355. The van der Waals surface area contributed by atoms with Crippen LogP contribution < -0.4 is 5.32 Å². The van der Waals surface area contributed by atoms with Crippen LogP contribution in [0, 0.1) is 19.7 Å². The molecule has 0 unspecified atom stereocenters. The van der Waals surface area contributed by atoms with Crippen molar-refractivity contribution in [1.29, 1.82) is 0 Å². The lowest BCUT2D eigenvalue weighted by molar-refractivity contribution is 0.611. The van der Waals surface area contributed by atoms with Gasteiger partial charge in [-0.2, -0.15) is 10.2 Å². The lowest BCUT2D eigenvalue weighted by Crippen LogP contribution is -2.03. The number of benzene rings is 1. The number of nitrogens with one attached hydrogen (secondary N) is 2. The van der Waals surface area contributed by atoms with Crippen molar-refractivity contribution in [3.8, 4) is 5.69 Å². The fourth-order valence-corrected chi connectivity index (χ4v) is 2.16. The Hall–Kier alpha value is -2.70. The van der Waals surface area contributed by atoms with Crippen LogP contribution in [0.5, 0.6) is 0 Å². The SMILES string of the molecule is Cc1n[nH]c(C)c1CNc1ccc(-n2cncn2)c(F)c1. The van der Waals surface area contributed by atoms with Crippen LogP contribution in [-0.2, 0) is 6.54 Å². The van der Waals surface area contributed by atoms with Crippen molar-refractivity contribution in [1.82, 2.24) is 25.0 Å². The van der Waals surface area contributed by atoms with E-state index in [9.17, 15) is 4.39 Å². The van der Waals surface area contributed by atoms with Crippen LogP contribution in [0.4, 0.5) is 10.1 Å². The molecule has 0 bridgehead atoms. The maximum absolute atomic E-state index is 14.1. The van der Waals surface area contributed by atoms with Crippen molar-refractivity contribution < 1.29 is 4.39 Å². The highest BCUT2D eigenvalue weighted by Gasteiger charge is 2.08. The van der Waals surface area contributed by atoms with Gasteiger partial charge < -0.3 is 5.32 Å². The van der Waals surface area contributed by atoms with Crippen molar-refractivity contribution in [3.05, 3.63) is 53.6 Å². The monoisotopic (exact) mass is 286 g/mol. The summed E-state index contributed by atoms with van der Waals surface area (Å²) in [5, 5.41) is 14.2.